The van der Waals surface area contributed by atoms with Gasteiger partial charge in [0.1, 0.15) is 10.0 Å². The third-order valence-corrected chi connectivity index (χ3v) is 12.6. The Morgan fingerprint density at radius 1 is 0.309 bits per heavy atom. The summed E-state index contributed by atoms with van der Waals surface area (Å²) in [5.41, 5.74) is 9.99. The van der Waals surface area contributed by atoms with Gasteiger partial charge in [0, 0.05) is 28.2 Å². The maximum atomic E-state index is 4.92. The maximum absolute atomic E-state index is 4.92. The van der Waals surface area contributed by atoms with E-state index in [0.29, 0.717) is 0 Å². The molecule has 0 radical (unpaired) electrons. The lowest BCUT2D eigenvalue weighted by atomic mass is 9.97. The number of hydrogen-bond donors (Lipinski definition) is 0. The molecule has 9 aromatic carbocycles. The van der Waals surface area contributed by atoms with Crippen molar-refractivity contribution in [3.63, 3.8) is 0 Å². The van der Waals surface area contributed by atoms with E-state index in [-0.39, 0.29) is 0 Å². The van der Waals surface area contributed by atoms with Crippen LogP contribution in [-0.4, -0.2) is 9.97 Å². The first-order valence-corrected chi connectivity index (χ1v) is 20.0. The Bertz CT molecular complexity index is 3030. The van der Waals surface area contributed by atoms with Crippen LogP contribution in [0.3, 0.4) is 0 Å². The minimum atomic E-state index is 1.03. The number of thiazole rings is 2. The van der Waals surface area contributed by atoms with Crippen LogP contribution < -0.4 is 4.90 Å². The molecule has 0 aliphatic heterocycles. The molecule has 3 nitrogen and oxygen atoms in total. The van der Waals surface area contributed by atoms with Gasteiger partial charge < -0.3 is 4.90 Å². The molecule has 0 saturated carbocycles. The van der Waals surface area contributed by atoms with Crippen molar-refractivity contribution in [2.24, 2.45) is 0 Å². The SMILES string of the molecule is c1ccc2cc3cc(-c4ccc5cc(N(c6ccc(-c7nc8ccccc8s7)cc6)c6ccc(-c7nc8ccccc8s7)cc6)ccc5c4)ccc3cc2c1. The molecule has 0 fully saturated rings. The van der Waals surface area contributed by atoms with Crippen LogP contribution in [0.5, 0.6) is 0 Å². The molecule has 0 spiro atoms. The van der Waals surface area contributed by atoms with E-state index in [1.165, 1.54) is 52.8 Å². The van der Waals surface area contributed by atoms with Crippen LogP contribution in [0.1, 0.15) is 0 Å². The van der Waals surface area contributed by atoms with E-state index in [0.717, 1.165) is 49.2 Å². The Hall–Kier alpha value is -6.66. The number of para-hydroxylation sites is 2. The molecule has 2 aromatic heterocycles. The highest BCUT2D eigenvalue weighted by Crippen LogP contribution is 2.40. The molecule has 0 aliphatic rings. The van der Waals surface area contributed by atoms with Gasteiger partial charge in [-0.3, -0.25) is 0 Å². The van der Waals surface area contributed by atoms with Crippen LogP contribution in [0.4, 0.5) is 17.1 Å². The van der Waals surface area contributed by atoms with E-state index >= 15 is 0 Å². The van der Waals surface area contributed by atoms with E-state index in [1.54, 1.807) is 22.7 Å². The van der Waals surface area contributed by atoms with Crippen molar-refractivity contribution >= 4 is 92.5 Å². The number of benzene rings is 9. The van der Waals surface area contributed by atoms with Crippen molar-refractivity contribution in [3.05, 3.63) is 188 Å². The minimum Gasteiger partial charge on any atom is -0.310 e. The molecule has 2 heterocycles. The van der Waals surface area contributed by atoms with Crippen LogP contribution in [0, 0.1) is 0 Å². The summed E-state index contributed by atoms with van der Waals surface area (Å²) in [5, 5.41) is 9.50. The Labute approximate surface area is 326 Å². The van der Waals surface area contributed by atoms with Crippen molar-refractivity contribution in [2.75, 3.05) is 4.90 Å². The third kappa shape index (κ3) is 5.82. The highest BCUT2D eigenvalue weighted by molar-refractivity contribution is 7.22. The zero-order chi connectivity index (χ0) is 36.3. The predicted octanol–water partition coefficient (Wildman–Crippen LogP) is 14.8. The second kappa shape index (κ2) is 13.0. The van der Waals surface area contributed by atoms with Crippen LogP contribution in [0.2, 0.25) is 0 Å². The first kappa shape index (κ1) is 31.8. The average molecular weight is 738 g/mol. The standard InChI is InChI=1S/C50H31N3S2/c1-2-8-35-29-41-30-37(13-15-39(41)27-34(35)7-1)36-14-16-40-31-44(26-21-38(40)28-36)53(42-22-17-32(18-23-42)49-51-45-9-3-5-11-47(45)54-49)43-24-19-33(20-25-43)50-52-46-10-4-6-12-48(46)55-50/h1-31H. The van der Waals surface area contributed by atoms with Crippen molar-refractivity contribution in [1.82, 2.24) is 9.97 Å². The number of aromatic nitrogens is 2. The fourth-order valence-corrected chi connectivity index (χ4v) is 9.56. The number of hydrogen-bond acceptors (Lipinski definition) is 5. The van der Waals surface area contributed by atoms with Gasteiger partial charge in [0.25, 0.3) is 0 Å². The highest BCUT2D eigenvalue weighted by atomic mass is 32.1. The molecular weight excluding hydrogens is 707 g/mol. The molecule has 5 heteroatoms. The molecule has 0 bridgehead atoms. The van der Waals surface area contributed by atoms with E-state index in [1.807, 2.05) is 12.1 Å². The summed E-state index contributed by atoms with van der Waals surface area (Å²) in [6.07, 6.45) is 0. The summed E-state index contributed by atoms with van der Waals surface area (Å²) in [7, 11) is 0. The van der Waals surface area contributed by atoms with Crippen LogP contribution in [-0.2, 0) is 0 Å². The van der Waals surface area contributed by atoms with Gasteiger partial charge in [0.05, 0.1) is 20.4 Å². The lowest BCUT2D eigenvalue weighted by Gasteiger charge is -2.26. The lowest BCUT2D eigenvalue weighted by Crippen LogP contribution is -2.09. The predicted molar refractivity (Wildman–Crippen MR) is 236 cm³/mol. The molecule has 0 aliphatic carbocycles. The normalized spacial score (nSPS) is 11.6. The van der Waals surface area contributed by atoms with E-state index in [9.17, 15) is 0 Å². The van der Waals surface area contributed by atoms with Crippen LogP contribution in [0.15, 0.2) is 188 Å². The molecule has 0 atom stereocenters. The first-order valence-electron chi connectivity index (χ1n) is 18.4. The van der Waals surface area contributed by atoms with Crippen molar-refractivity contribution in [1.29, 1.82) is 0 Å². The monoisotopic (exact) mass is 737 g/mol. The molecule has 0 amide bonds. The van der Waals surface area contributed by atoms with E-state index in [2.05, 4.69) is 181 Å². The van der Waals surface area contributed by atoms with E-state index < -0.39 is 0 Å². The number of rotatable bonds is 6. The molecule has 11 rings (SSSR count). The zero-order valence-corrected chi connectivity index (χ0v) is 31.2. The summed E-state index contributed by atoms with van der Waals surface area (Å²) < 4.78 is 2.40. The van der Waals surface area contributed by atoms with Gasteiger partial charge in [-0.1, -0.05) is 78.9 Å². The van der Waals surface area contributed by atoms with Crippen molar-refractivity contribution in [2.45, 2.75) is 0 Å². The Balaban J connectivity index is 0.968. The zero-order valence-electron chi connectivity index (χ0n) is 29.6. The van der Waals surface area contributed by atoms with Gasteiger partial charge in [-0.15, -0.1) is 22.7 Å². The van der Waals surface area contributed by atoms with Gasteiger partial charge >= 0.3 is 0 Å². The number of anilines is 3. The fraction of sp³-hybridized carbons (Fsp3) is 0. The maximum Gasteiger partial charge on any atom is 0.124 e. The van der Waals surface area contributed by atoms with Gasteiger partial charge in [-0.25, -0.2) is 9.97 Å². The largest absolute Gasteiger partial charge is 0.310 e. The third-order valence-electron chi connectivity index (χ3n) is 10.5. The summed E-state index contributed by atoms with van der Waals surface area (Å²) >= 11 is 3.46. The lowest BCUT2D eigenvalue weighted by molar-refractivity contribution is 1.29. The Morgan fingerprint density at radius 2 is 0.709 bits per heavy atom. The van der Waals surface area contributed by atoms with Crippen LogP contribution in [0.25, 0.3) is 85.0 Å². The Morgan fingerprint density at radius 3 is 1.27 bits per heavy atom. The fourth-order valence-electron chi connectivity index (χ4n) is 7.62. The molecule has 0 saturated heterocycles. The number of nitrogens with zero attached hydrogens (tertiary/aromatic N) is 3. The molecular formula is C50H31N3S2. The molecule has 258 valence electrons. The first-order chi connectivity index (χ1) is 27.2. The minimum absolute atomic E-state index is 1.03. The van der Waals surface area contributed by atoms with Crippen molar-refractivity contribution < 1.29 is 0 Å². The highest BCUT2D eigenvalue weighted by Gasteiger charge is 2.16. The summed E-state index contributed by atoms with van der Waals surface area (Å²) in [4.78, 5) is 12.2. The summed E-state index contributed by atoms with van der Waals surface area (Å²) in [6.45, 7) is 0. The number of fused-ring (bicyclic) bond motifs is 5. The molecule has 11 aromatic rings. The van der Waals surface area contributed by atoms with Gasteiger partial charge in [-0.2, -0.15) is 0 Å². The van der Waals surface area contributed by atoms with Crippen molar-refractivity contribution in [3.8, 4) is 32.3 Å². The van der Waals surface area contributed by atoms with Gasteiger partial charge in [0.15, 0.2) is 0 Å². The van der Waals surface area contributed by atoms with Gasteiger partial charge in [-0.05, 0) is 153 Å². The van der Waals surface area contributed by atoms with Gasteiger partial charge in [0.2, 0.25) is 0 Å². The average Bonchev–Trinajstić information content (AvgIpc) is 3.88. The van der Waals surface area contributed by atoms with Crippen LogP contribution >= 0.6 is 22.7 Å². The second-order valence-electron chi connectivity index (χ2n) is 13.9. The summed E-state index contributed by atoms with van der Waals surface area (Å²) in [6, 6.07) is 67.8. The summed E-state index contributed by atoms with van der Waals surface area (Å²) in [5.74, 6) is 0. The van der Waals surface area contributed by atoms with E-state index in [4.69, 9.17) is 9.97 Å². The molecule has 0 unspecified atom stereocenters. The Kier molecular flexibility index (Phi) is 7.54. The topological polar surface area (TPSA) is 29.0 Å². The molecule has 55 heavy (non-hydrogen) atoms. The smallest absolute Gasteiger partial charge is 0.124 e. The second-order valence-corrected chi connectivity index (χ2v) is 16.0. The quantitative estimate of drug-likeness (QED) is 0.159. The molecule has 0 N–H and O–H groups in total.